The average molecular weight is 1060 g/mol. The molecule has 0 aliphatic heterocycles. The van der Waals surface area contributed by atoms with Gasteiger partial charge in [0.25, 0.3) is 0 Å². The van der Waals surface area contributed by atoms with Gasteiger partial charge in [-0.15, -0.1) is 0 Å². The highest BCUT2D eigenvalue weighted by atomic mass is 16.4. The number of aromatic nitrogens is 5. The van der Waals surface area contributed by atoms with Gasteiger partial charge < -0.3 is 91.4 Å². The summed E-state index contributed by atoms with van der Waals surface area (Å²) in [5, 5.41) is 195. The summed E-state index contributed by atoms with van der Waals surface area (Å²) in [5.74, 6) is -17.6. The van der Waals surface area contributed by atoms with E-state index in [1.807, 2.05) is 0 Å². The van der Waals surface area contributed by atoms with Crippen molar-refractivity contribution < 1.29 is 86.8 Å². The first-order chi connectivity index (χ1) is 36.9. The fourth-order valence-corrected chi connectivity index (χ4v) is 11.3. The Labute approximate surface area is 454 Å². The Morgan fingerprint density at radius 1 is 0.253 bits per heavy atom. The second kappa shape index (κ2) is 17.2. The van der Waals surface area contributed by atoms with Crippen molar-refractivity contribution in [2.45, 2.75) is 13.8 Å². The maximum absolute atomic E-state index is 12.8. The molecule has 3 aromatic heterocycles. The summed E-state index contributed by atoms with van der Waals surface area (Å²) < 4.78 is 2.64. The Balaban J connectivity index is 1.52. The van der Waals surface area contributed by atoms with Crippen molar-refractivity contribution in [1.82, 2.24) is 24.1 Å². The maximum Gasteiger partial charge on any atom is 0.239 e. The fourth-order valence-electron chi connectivity index (χ4n) is 11.3. The molecule has 79 heavy (non-hydrogen) atoms. The van der Waals surface area contributed by atoms with E-state index in [4.69, 9.17) is 15.0 Å². The van der Waals surface area contributed by atoms with Gasteiger partial charge in [-0.3, -0.25) is 4.57 Å². The van der Waals surface area contributed by atoms with Gasteiger partial charge in [0, 0.05) is 21.9 Å². The van der Waals surface area contributed by atoms with Crippen LogP contribution in [0.25, 0.3) is 89.2 Å². The van der Waals surface area contributed by atoms with Crippen LogP contribution < -0.4 is 54.6 Å². The van der Waals surface area contributed by atoms with E-state index >= 15 is 0 Å². The lowest BCUT2D eigenvalue weighted by Crippen LogP contribution is -2.42. The maximum atomic E-state index is 12.8. The van der Waals surface area contributed by atoms with Gasteiger partial charge in [0.15, 0.2) is 46.1 Å². The number of aromatic hydroxyl groups is 17. The van der Waals surface area contributed by atoms with Crippen LogP contribution in [-0.2, 0) is 0 Å². The summed E-state index contributed by atoms with van der Waals surface area (Å²) in [6, 6.07) is 0. The summed E-state index contributed by atoms with van der Waals surface area (Å²) in [6.07, 6.45) is 0. The van der Waals surface area contributed by atoms with Crippen molar-refractivity contribution in [2.24, 2.45) is 0 Å². The molecule has 10 aromatic rings. The summed E-state index contributed by atoms with van der Waals surface area (Å²) in [4.78, 5) is 14.6. The molecule has 388 valence electrons. The van der Waals surface area contributed by atoms with Gasteiger partial charge in [0.1, 0.15) is 118 Å². The molecule has 0 aliphatic carbocycles. The molecule has 0 spiro atoms. The van der Waals surface area contributed by atoms with Crippen molar-refractivity contribution in [3.63, 3.8) is 0 Å². The number of benzene rings is 7. The van der Waals surface area contributed by atoms with Gasteiger partial charge in [0.2, 0.25) is 34.7 Å². The topological polar surface area (TPSA) is 392 Å². The highest BCUT2D eigenvalue weighted by Crippen LogP contribution is 2.60. The average Bonchev–Trinajstić information content (AvgIpc) is 3.78. The number of fused-ring (bicyclic) bond motifs is 7. The summed E-state index contributed by atoms with van der Waals surface area (Å²) in [5.41, 5.74) is 0.0779. The second-order valence-electron chi connectivity index (χ2n) is 20.1. The van der Waals surface area contributed by atoms with Crippen LogP contribution in [0.15, 0.2) is 0 Å². The smallest absolute Gasteiger partial charge is 0.239 e. The van der Waals surface area contributed by atoms with Crippen molar-refractivity contribution in [3.05, 3.63) is 11.1 Å². The minimum absolute atomic E-state index is 0.00501. The normalized spacial score (nSPS) is 11.8. The van der Waals surface area contributed by atoms with Gasteiger partial charge in [0.05, 0.1) is 49.7 Å². The third kappa shape index (κ3) is 6.56. The van der Waals surface area contributed by atoms with Crippen LogP contribution in [0.3, 0.4) is 0 Å². The third-order valence-electron chi connectivity index (χ3n) is 16.2. The second-order valence-corrected chi connectivity index (χ2v) is 20.1. The van der Waals surface area contributed by atoms with E-state index in [9.17, 15) is 86.8 Å². The van der Waals surface area contributed by atoms with Crippen molar-refractivity contribution in [2.75, 3.05) is 0 Å². The van der Waals surface area contributed by atoms with Crippen molar-refractivity contribution >= 4 is 177 Å². The van der Waals surface area contributed by atoms with Gasteiger partial charge in [-0.25, -0.2) is 4.98 Å². The molecule has 0 radical (unpaired) electrons. The lowest BCUT2D eigenvalue weighted by molar-refractivity contribution is 0.329. The van der Waals surface area contributed by atoms with E-state index in [0.717, 1.165) is 4.57 Å². The number of nitrogens with zero attached hydrogens (tertiary/aromatic N) is 5. The molecule has 0 bridgehead atoms. The summed E-state index contributed by atoms with van der Waals surface area (Å²) in [7, 11) is 15.6. The Morgan fingerprint density at radius 2 is 0.671 bits per heavy atom. The van der Waals surface area contributed by atoms with Crippen molar-refractivity contribution in [3.8, 4) is 143 Å². The molecule has 0 fully saturated rings. The molecule has 32 heteroatoms. The highest BCUT2D eigenvalue weighted by molar-refractivity contribution is 6.61. The number of aryl methyl sites for hydroxylation is 1. The number of rotatable bonds is 5. The molecule has 0 atom stereocenters. The van der Waals surface area contributed by atoms with Crippen LogP contribution in [0.2, 0.25) is 0 Å². The van der Waals surface area contributed by atoms with Crippen molar-refractivity contribution in [1.29, 1.82) is 0 Å². The lowest BCUT2D eigenvalue weighted by Gasteiger charge is -2.22. The van der Waals surface area contributed by atoms with Crippen LogP contribution in [0.4, 0.5) is 0 Å². The standard InChI is InChI=1S/C47H43B10N5O17/c1-3-13(48)36(71)22(57)38(73)24(3)61-23-4(2)28(63)19(54)14(49)5(23)7-26(61)25-6(17(52)29(7)64)8-27(39(74)43(78)40(75)31(8)66)62(25)47-59-45(11-15(50)20(55)37(72)21(56)16(11)51)58-46(60-47)12-18(53)30(65)9(32(67)35(12)70)10-33(68)41(76)44(79)42(77)34(10)69/h63-79H,48-57H2,1-2H3. The summed E-state index contributed by atoms with van der Waals surface area (Å²) in [6.45, 7) is 3.22. The molecule has 0 saturated carbocycles. The Bertz CT molecular complexity index is 4450. The van der Waals surface area contributed by atoms with E-state index in [2.05, 4.69) is 0 Å². The zero-order valence-electron chi connectivity index (χ0n) is 44.3. The number of phenols is 17. The van der Waals surface area contributed by atoms with Gasteiger partial charge in [-0.05, 0) is 41.3 Å². The van der Waals surface area contributed by atoms with E-state index in [-0.39, 0.29) is 78.1 Å². The molecule has 7 aromatic carbocycles. The monoisotopic (exact) mass is 1060 g/mol. The van der Waals surface area contributed by atoms with E-state index in [1.54, 1.807) is 68.8 Å². The molecule has 0 unspecified atom stereocenters. The van der Waals surface area contributed by atoms with E-state index in [0.29, 0.717) is 49.2 Å². The van der Waals surface area contributed by atoms with Crippen LogP contribution in [-0.4, -0.2) is 189 Å². The Hall–Kier alpha value is -9.60. The van der Waals surface area contributed by atoms with Gasteiger partial charge in [-0.1, -0.05) is 32.8 Å². The van der Waals surface area contributed by atoms with Gasteiger partial charge in [-0.2, -0.15) is 9.97 Å². The largest absolute Gasteiger partial charge is 0.509 e. The van der Waals surface area contributed by atoms with Crippen LogP contribution in [0.5, 0.6) is 97.7 Å². The first-order valence-electron chi connectivity index (χ1n) is 24.2. The molecule has 0 aliphatic rings. The third-order valence-corrected chi connectivity index (χ3v) is 16.2. The number of hydrogen-bond donors (Lipinski definition) is 17. The predicted molar refractivity (Wildman–Crippen MR) is 324 cm³/mol. The Morgan fingerprint density at radius 3 is 1.24 bits per heavy atom. The predicted octanol–water partition coefficient (Wildman–Crippen LogP) is -10.7. The Kier molecular flexibility index (Phi) is 11.5. The van der Waals surface area contributed by atoms with Crippen LogP contribution in [0, 0.1) is 13.8 Å². The molecule has 22 nitrogen and oxygen atoms in total. The molecule has 0 saturated heterocycles. The molecule has 3 heterocycles. The minimum Gasteiger partial charge on any atom is -0.509 e. The van der Waals surface area contributed by atoms with Crippen LogP contribution in [0.1, 0.15) is 11.1 Å². The molecule has 10 rings (SSSR count). The lowest BCUT2D eigenvalue weighted by atomic mass is 9.66. The van der Waals surface area contributed by atoms with Gasteiger partial charge >= 0.3 is 0 Å². The molecular weight excluding hydrogens is 1010 g/mol. The first-order valence-corrected chi connectivity index (χ1v) is 24.2. The SMILES string of the molecule is Bc1c(B)c(-c2nc(-c3c(B)c(O)c(-c4c(O)c(O)c(O)c(O)c4O)c(O)c3O)nc(-n3c4c(O)c(O)c(O)c(O)c4c4c(B)c(O)c5c6c(B)c(B)c(O)c(C)c6n(-c6c(C)c(B)c(O)c(B)c6O)c5c43)n2)c(B)c(B)c1O. The zero-order chi connectivity index (χ0) is 58.3. The molecule has 17 N–H and O–H groups in total. The zero-order valence-corrected chi connectivity index (χ0v) is 44.3. The number of hydrogen-bond acceptors (Lipinski definition) is 20. The minimum atomic E-state index is -1.38. The summed E-state index contributed by atoms with van der Waals surface area (Å²) >= 11 is 0. The molecule has 0 amide bonds. The van der Waals surface area contributed by atoms with Crippen LogP contribution >= 0.6 is 0 Å². The quantitative estimate of drug-likeness (QED) is 0.0432. The van der Waals surface area contributed by atoms with E-state index in [1.165, 1.54) is 28.1 Å². The first kappa shape index (κ1) is 52.8. The highest BCUT2D eigenvalue weighted by Gasteiger charge is 2.37. The molecular formula is C47H43B10N5O17. The number of phenolic OH excluding ortho intramolecular Hbond substituents is 17. The fraction of sp³-hybridized carbons (Fsp3) is 0.0426. The van der Waals surface area contributed by atoms with E-state index < -0.39 is 125 Å².